The van der Waals surface area contributed by atoms with Crippen LogP contribution >= 0.6 is 0 Å². The lowest BCUT2D eigenvalue weighted by Crippen LogP contribution is -2.51. The minimum atomic E-state index is -4.69. The molecule has 3 aromatic rings. The fourth-order valence-corrected chi connectivity index (χ4v) is 4.73. The van der Waals surface area contributed by atoms with Crippen LogP contribution in [-0.2, 0) is 17.1 Å². The van der Waals surface area contributed by atoms with Gasteiger partial charge in [-0.05, 0) is 59.6 Å². The number of halogens is 6. The number of aromatic nitrogens is 4. The van der Waals surface area contributed by atoms with Crippen molar-refractivity contribution in [1.82, 2.24) is 24.4 Å². The molecule has 3 heterocycles. The molecule has 0 radical (unpaired) electrons. The van der Waals surface area contributed by atoms with Crippen LogP contribution in [-0.4, -0.2) is 54.8 Å². The monoisotopic (exact) mass is 599 g/mol. The summed E-state index contributed by atoms with van der Waals surface area (Å²) in [6.45, 7) is 9.98. The zero-order chi connectivity index (χ0) is 31.2. The zero-order valence-electron chi connectivity index (χ0n) is 23.8. The van der Waals surface area contributed by atoms with Crippen LogP contribution < -0.4 is 4.74 Å². The lowest BCUT2D eigenvalue weighted by Gasteiger charge is -2.39. The Morgan fingerprint density at radius 2 is 1.71 bits per heavy atom. The Morgan fingerprint density at radius 3 is 2.26 bits per heavy atom. The van der Waals surface area contributed by atoms with E-state index >= 15 is 0 Å². The zero-order valence-corrected chi connectivity index (χ0v) is 23.8. The molecule has 0 bridgehead atoms. The topological polar surface area (TPSA) is 82.4 Å². The average molecular weight is 600 g/mol. The highest BCUT2D eigenvalue weighted by Crippen LogP contribution is 2.39. The Morgan fingerprint density at radius 1 is 1.02 bits per heavy atom. The molecule has 0 spiro atoms. The number of ether oxygens (including phenoxy) is 2. The summed E-state index contributed by atoms with van der Waals surface area (Å²) in [5.41, 5.74) is -2.23. The average Bonchev–Trinajstić information content (AvgIpc) is 3.28. The maximum atomic E-state index is 14.1. The first-order valence-corrected chi connectivity index (χ1v) is 13.2. The molecule has 0 saturated heterocycles. The van der Waals surface area contributed by atoms with Crippen LogP contribution in [0, 0.1) is 0 Å². The predicted molar refractivity (Wildman–Crippen MR) is 142 cm³/mol. The van der Waals surface area contributed by atoms with Crippen LogP contribution in [0.25, 0.3) is 16.6 Å². The maximum absolute atomic E-state index is 14.1. The van der Waals surface area contributed by atoms with Crippen LogP contribution in [0.3, 0.4) is 0 Å². The third kappa shape index (κ3) is 6.79. The molecular weight excluding hydrogens is 568 g/mol. The van der Waals surface area contributed by atoms with Gasteiger partial charge in [-0.15, -0.1) is 0 Å². The van der Waals surface area contributed by atoms with Crippen LogP contribution in [0.15, 0.2) is 36.9 Å². The largest absolute Gasteiger partial charge is 0.491 e. The van der Waals surface area contributed by atoms with Crippen molar-refractivity contribution in [3.05, 3.63) is 53.9 Å². The molecule has 1 aliphatic rings. The highest BCUT2D eigenvalue weighted by Gasteiger charge is 2.38. The van der Waals surface area contributed by atoms with Gasteiger partial charge in [0.1, 0.15) is 18.0 Å². The molecule has 228 valence electrons. The fourth-order valence-electron chi connectivity index (χ4n) is 4.73. The second-order valence-electron chi connectivity index (χ2n) is 11.4. The quantitative estimate of drug-likeness (QED) is 0.286. The fraction of sp³-hybridized carbons (Fsp3) is 0.500. The molecular formula is C28H31F6N5O3. The van der Waals surface area contributed by atoms with E-state index in [4.69, 9.17) is 9.47 Å². The molecule has 8 nitrogen and oxygen atoms in total. The number of carbonyl (C=O) groups excluding carboxylic acids is 1. The van der Waals surface area contributed by atoms with Crippen molar-refractivity contribution in [2.75, 3.05) is 6.61 Å². The predicted octanol–water partition coefficient (Wildman–Crippen LogP) is 7.31. The third-order valence-electron chi connectivity index (χ3n) is 6.54. The van der Waals surface area contributed by atoms with Crippen molar-refractivity contribution in [1.29, 1.82) is 0 Å². The van der Waals surface area contributed by atoms with Gasteiger partial charge in [-0.2, -0.15) is 26.3 Å². The number of nitrogens with zero attached hydrogens (tertiary/aromatic N) is 5. The molecule has 1 amide bonds. The Balaban J connectivity index is 1.70. The van der Waals surface area contributed by atoms with E-state index in [9.17, 15) is 31.1 Å². The molecule has 14 heteroatoms. The summed E-state index contributed by atoms with van der Waals surface area (Å²) in [5.74, 6) is -0.115. The lowest BCUT2D eigenvalue weighted by atomic mass is 9.94. The summed E-state index contributed by atoms with van der Waals surface area (Å²) in [5, 5.41) is 0. The van der Waals surface area contributed by atoms with E-state index in [1.54, 1.807) is 47.6 Å². The number of hydrogen-bond donors (Lipinski definition) is 0. The third-order valence-corrected chi connectivity index (χ3v) is 6.54. The minimum Gasteiger partial charge on any atom is -0.491 e. The number of rotatable bonds is 5. The Hall–Kier alpha value is -3.84. The number of alkyl halides is 6. The highest BCUT2D eigenvalue weighted by molar-refractivity contribution is 5.82. The molecule has 0 N–H and O–H groups in total. The summed E-state index contributed by atoms with van der Waals surface area (Å²) in [6.07, 6.45) is -5.29. The number of carbonyl (C=O) groups is 1. The van der Waals surface area contributed by atoms with E-state index in [0.717, 1.165) is 12.3 Å². The Kier molecular flexibility index (Phi) is 8.22. The van der Waals surface area contributed by atoms with E-state index < -0.39 is 47.4 Å². The number of benzene rings is 1. The SMILES string of the molecule is CC(C)n1cnc2cc(OC[C@@H]3C=C(c4cnc(C(F)(F)F)cn4)C[C@H](C)N3C(=O)OC(C)(C)C)cc(C(F)(F)F)c21. The van der Waals surface area contributed by atoms with Crippen molar-refractivity contribution in [2.45, 2.75) is 84.0 Å². The molecule has 42 heavy (non-hydrogen) atoms. The van der Waals surface area contributed by atoms with Crippen LogP contribution in [0.4, 0.5) is 31.1 Å². The Bertz CT molecular complexity index is 1470. The van der Waals surface area contributed by atoms with Gasteiger partial charge in [-0.3, -0.25) is 9.88 Å². The summed E-state index contributed by atoms with van der Waals surface area (Å²) in [7, 11) is 0. The van der Waals surface area contributed by atoms with Crippen molar-refractivity contribution in [3.63, 3.8) is 0 Å². The van der Waals surface area contributed by atoms with Gasteiger partial charge >= 0.3 is 18.4 Å². The van der Waals surface area contributed by atoms with Gasteiger partial charge in [0, 0.05) is 18.2 Å². The standard InChI is InChI=1S/C28H31F6N5O3/c1-15(2)38-14-37-21-10-19(9-20(24(21)38)27(29,30)31)41-13-18-8-17(22-11-36-23(12-35-22)28(32,33)34)7-16(3)39(18)25(40)42-26(4,5)6/h8-12,14-16,18H,7,13H2,1-6H3/t16-,18-/m0/s1. The molecule has 4 rings (SSSR count). The number of imidazole rings is 1. The summed E-state index contributed by atoms with van der Waals surface area (Å²) in [4.78, 5) is 26.1. The van der Waals surface area contributed by atoms with Crippen LogP contribution in [0.2, 0.25) is 0 Å². The van der Waals surface area contributed by atoms with E-state index in [2.05, 4.69) is 15.0 Å². The van der Waals surface area contributed by atoms with Gasteiger partial charge in [-0.25, -0.2) is 14.8 Å². The van der Waals surface area contributed by atoms with Gasteiger partial charge in [0.25, 0.3) is 0 Å². The first-order chi connectivity index (χ1) is 19.3. The molecule has 0 unspecified atom stereocenters. The van der Waals surface area contributed by atoms with Gasteiger partial charge < -0.3 is 14.0 Å². The van der Waals surface area contributed by atoms with E-state index in [1.165, 1.54) is 21.9 Å². The van der Waals surface area contributed by atoms with E-state index in [-0.39, 0.29) is 41.5 Å². The lowest BCUT2D eigenvalue weighted by molar-refractivity contribution is -0.141. The summed E-state index contributed by atoms with van der Waals surface area (Å²) < 4.78 is 94.0. The maximum Gasteiger partial charge on any atom is 0.434 e. The molecule has 0 fully saturated rings. The molecule has 0 saturated carbocycles. The molecule has 2 aromatic heterocycles. The Labute approximate surface area is 238 Å². The molecule has 0 aliphatic carbocycles. The smallest absolute Gasteiger partial charge is 0.434 e. The summed E-state index contributed by atoms with van der Waals surface area (Å²) >= 11 is 0. The van der Waals surface area contributed by atoms with Crippen molar-refractivity contribution in [3.8, 4) is 5.75 Å². The highest BCUT2D eigenvalue weighted by atomic mass is 19.4. The normalized spacial score (nSPS) is 18.4. The van der Waals surface area contributed by atoms with Crippen molar-refractivity contribution >= 4 is 22.7 Å². The van der Waals surface area contributed by atoms with E-state index in [0.29, 0.717) is 11.8 Å². The first-order valence-electron chi connectivity index (χ1n) is 13.2. The summed E-state index contributed by atoms with van der Waals surface area (Å²) in [6, 6.07) is 0.623. The van der Waals surface area contributed by atoms with Crippen LogP contribution in [0.1, 0.15) is 71.0 Å². The van der Waals surface area contributed by atoms with E-state index in [1.807, 2.05) is 0 Å². The van der Waals surface area contributed by atoms with Crippen molar-refractivity contribution < 1.29 is 40.6 Å². The molecule has 1 aliphatic heterocycles. The van der Waals surface area contributed by atoms with Gasteiger partial charge in [0.05, 0.1) is 47.1 Å². The van der Waals surface area contributed by atoms with Crippen LogP contribution in [0.5, 0.6) is 5.75 Å². The first kappa shape index (κ1) is 31.1. The number of amides is 1. The second-order valence-corrected chi connectivity index (χ2v) is 11.4. The second kappa shape index (κ2) is 11.1. The number of hydrogen-bond acceptors (Lipinski definition) is 6. The molecule has 1 aromatic carbocycles. The number of fused-ring (bicyclic) bond motifs is 1. The van der Waals surface area contributed by atoms with Gasteiger partial charge in [0.2, 0.25) is 0 Å². The minimum absolute atomic E-state index is 0.0745. The molecule has 2 atom stereocenters. The van der Waals surface area contributed by atoms with Gasteiger partial charge in [0.15, 0.2) is 5.69 Å². The van der Waals surface area contributed by atoms with Crippen molar-refractivity contribution in [2.24, 2.45) is 0 Å². The van der Waals surface area contributed by atoms with Gasteiger partial charge in [-0.1, -0.05) is 6.08 Å².